The van der Waals surface area contributed by atoms with Crippen LogP contribution in [0.3, 0.4) is 0 Å². The van der Waals surface area contributed by atoms with Crippen LogP contribution in [0.25, 0.3) is 0 Å². The predicted molar refractivity (Wildman–Crippen MR) is 100 cm³/mol. The Kier molecular flexibility index (Phi) is 5.48. The first kappa shape index (κ1) is 17.2. The Labute approximate surface area is 148 Å². The van der Waals surface area contributed by atoms with E-state index < -0.39 is 0 Å². The summed E-state index contributed by atoms with van der Waals surface area (Å²) in [6, 6.07) is 11.9. The van der Waals surface area contributed by atoms with Crippen LogP contribution in [0, 0.1) is 0 Å². The quantitative estimate of drug-likeness (QED) is 0.874. The van der Waals surface area contributed by atoms with E-state index in [1.165, 1.54) is 24.9 Å². The van der Waals surface area contributed by atoms with Crippen LogP contribution in [0.4, 0.5) is 17.2 Å². The number of anilines is 3. The van der Waals surface area contributed by atoms with Crippen LogP contribution >= 0.6 is 0 Å². The molecule has 0 bridgehead atoms. The minimum atomic E-state index is -0.208. The van der Waals surface area contributed by atoms with Gasteiger partial charge in [-0.05, 0) is 69.5 Å². The number of aromatic nitrogens is 2. The van der Waals surface area contributed by atoms with E-state index in [1.54, 1.807) is 12.1 Å². The second kappa shape index (κ2) is 7.96. The summed E-state index contributed by atoms with van der Waals surface area (Å²) >= 11 is 0. The fraction of sp³-hybridized carbons (Fsp3) is 0.421. The third kappa shape index (κ3) is 4.68. The molecule has 1 aliphatic rings. The molecule has 6 nitrogen and oxygen atoms in total. The second-order valence-electron chi connectivity index (χ2n) is 6.65. The van der Waals surface area contributed by atoms with Crippen molar-refractivity contribution in [3.63, 3.8) is 0 Å². The minimum absolute atomic E-state index is 0.0746. The van der Waals surface area contributed by atoms with Gasteiger partial charge in [0, 0.05) is 30.5 Å². The Bertz CT molecular complexity index is 691. The van der Waals surface area contributed by atoms with Crippen molar-refractivity contribution in [2.24, 2.45) is 0 Å². The zero-order valence-corrected chi connectivity index (χ0v) is 14.8. The number of hydrogen-bond donors (Lipinski definition) is 2. The first-order chi connectivity index (χ1) is 12.1. The van der Waals surface area contributed by atoms with Crippen molar-refractivity contribution in [1.82, 2.24) is 15.5 Å². The molecule has 1 saturated heterocycles. The third-order valence-corrected chi connectivity index (χ3v) is 4.18. The second-order valence-corrected chi connectivity index (χ2v) is 6.65. The van der Waals surface area contributed by atoms with Gasteiger partial charge < -0.3 is 15.5 Å². The molecule has 132 valence electrons. The number of piperidine rings is 1. The number of nitrogens with one attached hydrogen (secondary N) is 2. The fourth-order valence-corrected chi connectivity index (χ4v) is 2.91. The van der Waals surface area contributed by atoms with Gasteiger partial charge in [-0.1, -0.05) is 0 Å². The topological polar surface area (TPSA) is 70.2 Å². The molecule has 0 radical (unpaired) electrons. The van der Waals surface area contributed by atoms with Crippen molar-refractivity contribution in [2.75, 3.05) is 23.3 Å². The first-order valence-corrected chi connectivity index (χ1v) is 8.88. The Morgan fingerprint density at radius 3 is 2.32 bits per heavy atom. The number of rotatable bonds is 5. The molecule has 3 rings (SSSR count). The largest absolute Gasteiger partial charge is 0.372 e. The molecule has 0 atom stereocenters. The lowest BCUT2D eigenvalue weighted by atomic mass is 10.1. The van der Waals surface area contributed by atoms with Crippen LogP contribution < -0.4 is 15.5 Å². The summed E-state index contributed by atoms with van der Waals surface area (Å²) in [6.07, 6.45) is 3.87. The highest BCUT2D eigenvalue weighted by Gasteiger charge is 2.11. The zero-order chi connectivity index (χ0) is 17.6. The molecule has 2 aromatic rings. The molecule has 1 aromatic heterocycles. The summed E-state index contributed by atoms with van der Waals surface area (Å²) in [5, 5.41) is 14.1. The van der Waals surface area contributed by atoms with Gasteiger partial charge in [-0.25, -0.2) is 0 Å². The lowest BCUT2D eigenvalue weighted by molar-refractivity contribution is 0.0937. The van der Waals surface area contributed by atoms with Gasteiger partial charge >= 0.3 is 0 Å². The Balaban J connectivity index is 1.61. The summed E-state index contributed by atoms with van der Waals surface area (Å²) in [6.45, 7) is 6.10. The molecule has 0 spiro atoms. The van der Waals surface area contributed by atoms with Crippen LogP contribution in [-0.2, 0) is 0 Å². The Hall–Kier alpha value is -2.63. The number of carbonyl (C=O) groups is 1. The van der Waals surface area contributed by atoms with Gasteiger partial charge in [0.2, 0.25) is 0 Å². The van der Waals surface area contributed by atoms with Crippen molar-refractivity contribution in [3.05, 3.63) is 42.1 Å². The first-order valence-electron chi connectivity index (χ1n) is 8.88. The maximum absolute atomic E-state index is 11.9. The van der Waals surface area contributed by atoms with Crippen molar-refractivity contribution in [3.8, 4) is 0 Å². The predicted octanol–water partition coefficient (Wildman–Crippen LogP) is 3.35. The molecule has 6 heteroatoms. The van der Waals surface area contributed by atoms with Crippen molar-refractivity contribution >= 4 is 23.1 Å². The number of amides is 1. The molecular weight excluding hydrogens is 314 g/mol. The minimum Gasteiger partial charge on any atom is -0.372 e. The van der Waals surface area contributed by atoms with Crippen LogP contribution in [0.15, 0.2) is 36.4 Å². The summed E-state index contributed by atoms with van der Waals surface area (Å²) < 4.78 is 0. The molecule has 1 fully saturated rings. The van der Waals surface area contributed by atoms with Crippen LogP contribution in [0.5, 0.6) is 0 Å². The van der Waals surface area contributed by atoms with Crippen molar-refractivity contribution in [1.29, 1.82) is 0 Å². The Morgan fingerprint density at radius 1 is 1.00 bits per heavy atom. The van der Waals surface area contributed by atoms with Crippen molar-refractivity contribution in [2.45, 2.75) is 39.2 Å². The standard InChI is InChI=1S/C19H25N5O/c1-14(2)20-19(25)17-10-11-18(23-22-17)21-15-6-8-16(9-7-15)24-12-4-3-5-13-24/h6-11,14H,3-5,12-13H2,1-2H3,(H,20,25)(H,21,23). The van der Waals surface area contributed by atoms with E-state index in [0.717, 1.165) is 18.8 Å². The van der Waals surface area contributed by atoms with E-state index in [1.807, 2.05) is 26.0 Å². The van der Waals surface area contributed by atoms with E-state index in [-0.39, 0.29) is 11.9 Å². The molecular formula is C19H25N5O. The summed E-state index contributed by atoms with van der Waals surface area (Å²) in [4.78, 5) is 14.3. The highest BCUT2D eigenvalue weighted by molar-refractivity contribution is 5.92. The molecule has 0 aliphatic carbocycles. The molecule has 1 aromatic carbocycles. The van der Waals surface area contributed by atoms with E-state index in [2.05, 4.69) is 37.9 Å². The van der Waals surface area contributed by atoms with E-state index in [0.29, 0.717) is 11.5 Å². The average molecular weight is 339 g/mol. The normalized spacial score (nSPS) is 14.4. The molecule has 0 saturated carbocycles. The van der Waals surface area contributed by atoms with E-state index in [4.69, 9.17) is 0 Å². The number of hydrogen-bond acceptors (Lipinski definition) is 5. The van der Waals surface area contributed by atoms with Crippen LogP contribution in [0.2, 0.25) is 0 Å². The van der Waals surface area contributed by atoms with Gasteiger partial charge in [-0.2, -0.15) is 0 Å². The lowest BCUT2D eigenvalue weighted by Gasteiger charge is -2.28. The fourth-order valence-electron chi connectivity index (χ4n) is 2.91. The van der Waals surface area contributed by atoms with Crippen molar-refractivity contribution < 1.29 is 4.79 Å². The van der Waals surface area contributed by atoms with E-state index >= 15 is 0 Å². The average Bonchev–Trinajstić information content (AvgIpc) is 2.63. The number of benzene rings is 1. The SMILES string of the molecule is CC(C)NC(=O)c1ccc(Nc2ccc(N3CCCCC3)cc2)nn1. The van der Waals surface area contributed by atoms with Gasteiger partial charge in [0.25, 0.3) is 5.91 Å². The molecule has 2 heterocycles. The number of nitrogens with zero attached hydrogens (tertiary/aromatic N) is 3. The summed E-state index contributed by atoms with van der Waals surface area (Å²) in [5.74, 6) is 0.409. The van der Waals surface area contributed by atoms with Gasteiger partial charge in [0.15, 0.2) is 11.5 Å². The molecule has 25 heavy (non-hydrogen) atoms. The van der Waals surface area contributed by atoms with Crippen LogP contribution in [-0.4, -0.2) is 35.2 Å². The number of carbonyl (C=O) groups excluding carboxylic acids is 1. The highest BCUT2D eigenvalue weighted by Crippen LogP contribution is 2.23. The molecule has 2 N–H and O–H groups in total. The lowest BCUT2D eigenvalue weighted by Crippen LogP contribution is -2.30. The molecule has 1 aliphatic heterocycles. The zero-order valence-electron chi connectivity index (χ0n) is 14.8. The smallest absolute Gasteiger partial charge is 0.271 e. The van der Waals surface area contributed by atoms with Gasteiger partial charge in [0.05, 0.1) is 0 Å². The van der Waals surface area contributed by atoms with Gasteiger partial charge in [0.1, 0.15) is 0 Å². The van der Waals surface area contributed by atoms with E-state index in [9.17, 15) is 4.79 Å². The van der Waals surface area contributed by atoms with Gasteiger partial charge in [-0.3, -0.25) is 4.79 Å². The highest BCUT2D eigenvalue weighted by atomic mass is 16.2. The van der Waals surface area contributed by atoms with Gasteiger partial charge in [-0.15, -0.1) is 10.2 Å². The maximum atomic E-state index is 11.9. The summed E-state index contributed by atoms with van der Waals surface area (Å²) in [5.41, 5.74) is 2.53. The molecule has 0 unspecified atom stereocenters. The third-order valence-electron chi connectivity index (χ3n) is 4.18. The van der Waals surface area contributed by atoms with Crippen LogP contribution in [0.1, 0.15) is 43.6 Å². The monoisotopic (exact) mass is 339 g/mol. The molecule has 1 amide bonds. The summed E-state index contributed by atoms with van der Waals surface area (Å²) in [7, 11) is 0. The maximum Gasteiger partial charge on any atom is 0.271 e. The Morgan fingerprint density at radius 2 is 1.72 bits per heavy atom.